The zero-order chi connectivity index (χ0) is 13.4. The van der Waals surface area contributed by atoms with E-state index in [9.17, 15) is 4.79 Å². The van der Waals surface area contributed by atoms with Crippen LogP contribution in [0.5, 0.6) is 0 Å². The number of hydrogen-bond acceptors (Lipinski definition) is 4. The lowest BCUT2D eigenvalue weighted by molar-refractivity contribution is 0.0689. The van der Waals surface area contributed by atoms with Gasteiger partial charge >= 0.3 is 5.97 Å². The highest BCUT2D eigenvalue weighted by molar-refractivity contribution is 5.89. The van der Waals surface area contributed by atoms with E-state index >= 15 is 0 Å². The van der Waals surface area contributed by atoms with Crippen LogP contribution < -0.4 is 0 Å². The highest BCUT2D eigenvalue weighted by Crippen LogP contribution is 2.24. The molecule has 0 unspecified atom stereocenters. The lowest BCUT2D eigenvalue weighted by atomic mass is 10.1. The van der Waals surface area contributed by atoms with E-state index in [0.29, 0.717) is 11.2 Å². The molecule has 6 heteroatoms. The largest absolute Gasteiger partial charge is 0.476 e. The van der Waals surface area contributed by atoms with Gasteiger partial charge in [0.05, 0.1) is 0 Å². The van der Waals surface area contributed by atoms with Crippen LogP contribution >= 0.6 is 0 Å². The van der Waals surface area contributed by atoms with E-state index in [1.165, 1.54) is 16.9 Å². The second-order valence-electron chi connectivity index (χ2n) is 4.21. The van der Waals surface area contributed by atoms with Crippen molar-refractivity contribution in [2.75, 3.05) is 0 Å². The van der Waals surface area contributed by atoms with Gasteiger partial charge in [-0.3, -0.25) is 0 Å². The van der Waals surface area contributed by atoms with E-state index < -0.39 is 5.97 Å². The van der Waals surface area contributed by atoms with E-state index in [1.807, 2.05) is 31.2 Å². The topological polar surface area (TPSA) is 80.4 Å². The van der Waals surface area contributed by atoms with Crippen LogP contribution in [0.25, 0.3) is 16.8 Å². The van der Waals surface area contributed by atoms with Crippen molar-refractivity contribution in [2.45, 2.75) is 6.92 Å². The number of rotatable bonds is 2. The van der Waals surface area contributed by atoms with Crippen LogP contribution in [0.3, 0.4) is 0 Å². The summed E-state index contributed by atoms with van der Waals surface area (Å²) in [5, 5.41) is 20.7. The van der Waals surface area contributed by atoms with Crippen LogP contribution in [-0.2, 0) is 0 Å². The van der Waals surface area contributed by atoms with E-state index in [4.69, 9.17) is 5.11 Å². The number of hydrogen-bond donors (Lipinski definition) is 1. The molecular weight excluding hydrogens is 244 g/mol. The van der Waals surface area contributed by atoms with Gasteiger partial charge in [-0.25, -0.2) is 4.79 Å². The number of nitrogens with zero attached hydrogens (tertiary/aromatic N) is 4. The fourth-order valence-corrected chi connectivity index (χ4v) is 1.88. The predicted molar refractivity (Wildman–Crippen MR) is 67.9 cm³/mol. The second kappa shape index (κ2) is 4.16. The molecule has 1 N–H and O–H groups in total. The number of carboxylic acid groups (broad SMARTS) is 1. The molecular formula is C13H10N4O2. The standard InChI is InChI=1S/C13H10N4O2/c1-8-2-4-9(5-3-8)10-6-11(13(18)19)16-17-7-14-15-12(10)17/h2-7H,1H3,(H,18,19). The summed E-state index contributed by atoms with van der Waals surface area (Å²) in [5.74, 6) is -1.08. The summed E-state index contributed by atoms with van der Waals surface area (Å²) in [5.41, 5.74) is 3.21. The zero-order valence-corrected chi connectivity index (χ0v) is 10.1. The van der Waals surface area contributed by atoms with Gasteiger partial charge in [0.2, 0.25) is 0 Å². The van der Waals surface area contributed by atoms with E-state index in [1.54, 1.807) is 0 Å². The molecule has 0 fully saturated rings. The zero-order valence-electron chi connectivity index (χ0n) is 10.1. The number of carbonyl (C=O) groups is 1. The summed E-state index contributed by atoms with van der Waals surface area (Å²) >= 11 is 0. The Morgan fingerprint density at radius 3 is 2.68 bits per heavy atom. The van der Waals surface area contributed by atoms with Gasteiger partial charge in [-0.1, -0.05) is 29.8 Å². The average Bonchev–Trinajstić information content (AvgIpc) is 2.86. The Balaban J connectivity index is 2.29. The summed E-state index contributed by atoms with van der Waals surface area (Å²) in [4.78, 5) is 11.1. The molecule has 6 nitrogen and oxygen atoms in total. The first kappa shape index (κ1) is 11.3. The van der Waals surface area contributed by atoms with E-state index in [2.05, 4.69) is 15.3 Å². The minimum Gasteiger partial charge on any atom is -0.476 e. The highest BCUT2D eigenvalue weighted by Gasteiger charge is 2.13. The van der Waals surface area contributed by atoms with Gasteiger partial charge in [-0.2, -0.15) is 9.61 Å². The SMILES string of the molecule is Cc1ccc(-c2cc(C(=O)O)nn3cnnc23)cc1. The minimum absolute atomic E-state index is 0.0390. The van der Waals surface area contributed by atoms with Crippen molar-refractivity contribution < 1.29 is 9.90 Å². The third-order valence-electron chi connectivity index (χ3n) is 2.85. The Morgan fingerprint density at radius 2 is 2.00 bits per heavy atom. The molecule has 0 aliphatic carbocycles. The molecule has 19 heavy (non-hydrogen) atoms. The van der Waals surface area contributed by atoms with Gasteiger partial charge in [0, 0.05) is 5.56 Å². The first-order valence-electron chi connectivity index (χ1n) is 5.66. The monoisotopic (exact) mass is 254 g/mol. The van der Waals surface area contributed by atoms with E-state index in [0.717, 1.165) is 11.1 Å². The molecule has 0 spiro atoms. The molecule has 2 heterocycles. The Kier molecular flexibility index (Phi) is 2.49. The van der Waals surface area contributed by atoms with Gasteiger partial charge in [0.15, 0.2) is 11.3 Å². The van der Waals surface area contributed by atoms with Crippen LogP contribution in [0.4, 0.5) is 0 Å². The summed E-state index contributed by atoms with van der Waals surface area (Å²) in [6.07, 6.45) is 1.39. The van der Waals surface area contributed by atoms with Crippen molar-refractivity contribution in [3.63, 3.8) is 0 Å². The van der Waals surface area contributed by atoms with Crippen LogP contribution in [0.15, 0.2) is 36.7 Å². The van der Waals surface area contributed by atoms with Crippen LogP contribution in [0.1, 0.15) is 16.1 Å². The first-order chi connectivity index (χ1) is 9.15. The van der Waals surface area contributed by atoms with Crippen molar-refractivity contribution in [1.29, 1.82) is 0 Å². The Labute approximate surface area is 108 Å². The Hall–Kier alpha value is -2.76. The lowest BCUT2D eigenvalue weighted by Gasteiger charge is -2.05. The fourth-order valence-electron chi connectivity index (χ4n) is 1.88. The maximum absolute atomic E-state index is 11.1. The first-order valence-corrected chi connectivity index (χ1v) is 5.66. The number of aryl methyl sites for hydroxylation is 1. The molecule has 0 bridgehead atoms. The van der Waals surface area contributed by atoms with Gasteiger partial charge in [0.1, 0.15) is 6.33 Å². The number of aromatic carboxylic acids is 1. The highest BCUT2D eigenvalue weighted by atomic mass is 16.4. The predicted octanol–water partition coefficient (Wildman–Crippen LogP) is 1.80. The second-order valence-corrected chi connectivity index (χ2v) is 4.21. The van der Waals surface area contributed by atoms with Crippen LogP contribution in [-0.4, -0.2) is 30.9 Å². The molecule has 2 aromatic heterocycles. The number of aromatic nitrogens is 4. The van der Waals surface area contributed by atoms with Gasteiger partial charge in [-0.15, -0.1) is 10.2 Å². The molecule has 3 rings (SSSR count). The summed E-state index contributed by atoms with van der Waals surface area (Å²) in [6, 6.07) is 9.28. The molecule has 0 radical (unpaired) electrons. The Bertz CT molecular complexity index is 762. The van der Waals surface area contributed by atoms with Crippen molar-refractivity contribution in [3.05, 3.63) is 47.9 Å². The molecule has 0 aliphatic rings. The molecule has 0 amide bonds. The maximum atomic E-state index is 11.1. The van der Waals surface area contributed by atoms with Gasteiger partial charge in [0.25, 0.3) is 0 Å². The van der Waals surface area contributed by atoms with E-state index in [-0.39, 0.29) is 5.69 Å². The van der Waals surface area contributed by atoms with Gasteiger partial charge < -0.3 is 5.11 Å². The van der Waals surface area contributed by atoms with Gasteiger partial charge in [-0.05, 0) is 18.6 Å². The minimum atomic E-state index is -1.08. The van der Waals surface area contributed by atoms with Crippen molar-refractivity contribution in [2.24, 2.45) is 0 Å². The average molecular weight is 254 g/mol. The third kappa shape index (κ3) is 1.93. The number of benzene rings is 1. The molecule has 0 saturated heterocycles. The number of carboxylic acids is 1. The van der Waals surface area contributed by atoms with Crippen molar-refractivity contribution in [3.8, 4) is 11.1 Å². The van der Waals surface area contributed by atoms with Crippen LogP contribution in [0.2, 0.25) is 0 Å². The fraction of sp³-hybridized carbons (Fsp3) is 0.0769. The smallest absolute Gasteiger partial charge is 0.356 e. The Morgan fingerprint density at radius 1 is 1.26 bits per heavy atom. The lowest BCUT2D eigenvalue weighted by Crippen LogP contribution is -2.05. The number of fused-ring (bicyclic) bond motifs is 1. The third-order valence-corrected chi connectivity index (χ3v) is 2.85. The molecule has 94 valence electrons. The molecule has 3 aromatic rings. The maximum Gasteiger partial charge on any atom is 0.356 e. The molecule has 1 aromatic carbocycles. The normalized spacial score (nSPS) is 10.8. The molecule has 0 saturated carbocycles. The molecule has 0 aliphatic heterocycles. The summed E-state index contributed by atoms with van der Waals surface area (Å²) < 4.78 is 1.37. The van der Waals surface area contributed by atoms with Crippen molar-refractivity contribution in [1.82, 2.24) is 19.8 Å². The quantitative estimate of drug-likeness (QED) is 0.754. The summed E-state index contributed by atoms with van der Waals surface area (Å²) in [6.45, 7) is 1.99. The summed E-state index contributed by atoms with van der Waals surface area (Å²) in [7, 11) is 0. The molecule has 0 atom stereocenters. The van der Waals surface area contributed by atoms with Crippen molar-refractivity contribution >= 4 is 11.6 Å². The van der Waals surface area contributed by atoms with Crippen LogP contribution in [0, 0.1) is 6.92 Å².